The van der Waals surface area contributed by atoms with Gasteiger partial charge in [0.25, 0.3) is 0 Å². The van der Waals surface area contributed by atoms with Crippen molar-refractivity contribution >= 4 is 28.9 Å². The molecule has 66 valence electrons. The fourth-order valence-electron chi connectivity index (χ4n) is 0.973. The molecule has 1 rings (SSSR count). The summed E-state index contributed by atoms with van der Waals surface area (Å²) in [6.07, 6.45) is 0.506. The monoisotopic (exact) mass is 289 g/mol. The third-order valence-electron chi connectivity index (χ3n) is 1.61. The third-order valence-corrected chi connectivity index (χ3v) is 2.44. The van der Waals surface area contributed by atoms with Crippen molar-refractivity contribution in [3.63, 3.8) is 0 Å². The first-order valence-corrected chi connectivity index (χ1v) is 4.57. The van der Waals surface area contributed by atoms with E-state index in [1.807, 2.05) is 6.07 Å². The Balaban J connectivity index is 3.31. The standard InChI is InChI=1S/C9H5FINO/c10-9-7(5-13)6(3-4-12)1-2-8(9)11/h1-2,5H,3H2. The maximum atomic E-state index is 13.2. The molecule has 0 N–H and O–H groups in total. The zero-order valence-electron chi connectivity index (χ0n) is 6.55. The molecule has 1 aromatic carbocycles. The summed E-state index contributed by atoms with van der Waals surface area (Å²) in [6, 6.07) is 5.02. The maximum absolute atomic E-state index is 13.2. The topological polar surface area (TPSA) is 40.9 Å². The van der Waals surface area contributed by atoms with Crippen LogP contribution < -0.4 is 0 Å². The molecule has 0 saturated carbocycles. The summed E-state index contributed by atoms with van der Waals surface area (Å²) < 4.78 is 13.6. The second-order valence-electron chi connectivity index (χ2n) is 2.39. The van der Waals surface area contributed by atoms with E-state index in [9.17, 15) is 9.18 Å². The van der Waals surface area contributed by atoms with E-state index in [-0.39, 0.29) is 12.0 Å². The lowest BCUT2D eigenvalue weighted by Crippen LogP contribution is -1.98. The van der Waals surface area contributed by atoms with Crippen LogP contribution in [-0.2, 0) is 6.42 Å². The summed E-state index contributed by atoms with van der Waals surface area (Å²) in [4.78, 5) is 10.5. The van der Waals surface area contributed by atoms with E-state index in [2.05, 4.69) is 0 Å². The number of nitriles is 1. The number of carbonyl (C=O) groups is 1. The third kappa shape index (κ3) is 2.04. The van der Waals surface area contributed by atoms with Gasteiger partial charge in [0.2, 0.25) is 0 Å². The van der Waals surface area contributed by atoms with Crippen LogP contribution in [-0.4, -0.2) is 6.29 Å². The van der Waals surface area contributed by atoms with Gasteiger partial charge in [-0.3, -0.25) is 4.79 Å². The molecule has 0 aliphatic rings. The second-order valence-corrected chi connectivity index (χ2v) is 3.55. The minimum atomic E-state index is -0.539. The van der Waals surface area contributed by atoms with Crippen LogP contribution in [0.3, 0.4) is 0 Å². The number of benzene rings is 1. The highest BCUT2D eigenvalue weighted by atomic mass is 127. The van der Waals surface area contributed by atoms with Crippen molar-refractivity contribution in [1.82, 2.24) is 0 Å². The molecule has 0 unspecified atom stereocenters. The summed E-state index contributed by atoms with van der Waals surface area (Å²) >= 11 is 1.80. The number of aldehydes is 1. The molecule has 0 heterocycles. The Hall–Kier alpha value is -0.960. The second kappa shape index (κ2) is 4.33. The van der Waals surface area contributed by atoms with Crippen LogP contribution in [0.15, 0.2) is 12.1 Å². The number of rotatable bonds is 2. The Morgan fingerprint density at radius 1 is 1.62 bits per heavy atom. The Morgan fingerprint density at radius 2 is 2.31 bits per heavy atom. The average Bonchev–Trinajstić information content (AvgIpc) is 2.12. The van der Waals surface area contributed by atoms with Gasteiger partial charge in [-0.05, 0) is 34.2 Å². The largest absolute Gasteiger partial charge is 0.298 e. The molecule has 0 atom stereocenters. The molecule has 0 radical (unpaired) electrons. The van der Waals surface area contributed by atoms with Gasteiger partial charge in [-0.15, -0.1) is 0 Å². The summed E-state index contributed by atoms with van der Waals surface area (Å²) in [5.41, 5.74) is 0.434. The van der Waals surface area contributed by atoms with Gasteiger partial charge in [0, 0.05) is 3.57 Å². The van der Waals surface area contributed by atoms with Crippen molar-refractivity contribution in [1.29, 1.82) is 5.26 Å². The fraction of sp³-hybridized carbons (Fsp3) is 0.111. The van der Waals surface area contributed by atoms with Gasteiger partial charge in [0.1, 0.15) is 5.82 Å². The van der Waals surface area contributed by atoms with Crippen LogP contribution in [0.2, 0.25) is 0 Å². The Labute approximate surface area is 88.5 Å². The van der Waals surface area contributed by atoms with Crippen LogP contribution in [0.4, 0.5) is 4.39 Å². The van der Waals surface area contributed by atoms with E-state index in [1.54, 1.807) is 34.7 Å². The van der Waals surface area contributed by atoms with Gasteiger partial charge in [0.15, 0.2) is 6.29 Å². The molecule has 0 aliphatic carbocycles. The van der Waals surface area contributed by atoms with Gasteiger partial charge >= 0.3 is 0 Å². The van der Waals surface area contributed by atoms with Gasteiger partial charge < -0.3 is 0 Å². The zero-order chi connectivity index (χ0) is 9.84. The van der Waals surface area contributed by atoms with Crippen molar-refractivity contribution in [2.75, 3.05) is 0 Å². The number of nitrogens with zero attached hydrogens (tertiary/aromatic N) is 1. The Bertz CT molecular complexity index is 384. The predicted octanol–water partition coefficient (Wildman–Crippen LogP) is 2.31. The molecule has 0 fully saturated rings. The molecule has 13 heavy (non-hydrogen) atoms. The predicted molar refractivity (Wildman–Crippen MR) is 53.8 cm³/mol. The fourth-order valence-corrected chi connectivity index (χ4v) is 1.44. The first-order chi connectivity index (χ1) is 6.20. The van der Waals surface area contributed by atoms with Crippen molar-refractivity contribution in [2.24, 2.45) is 0 Å². The smallest absolute Gasteiger partial charge is 0.153 e. The number of hydrogen-bond donors (Lipinski definition) is 0. The van der Waals surface area contributed by atoms with E-state index in [1.165, 1.54) is 0 Å². The molecule has 0 aromatic heterocycles. The normalized spacial score (nSPS) is 9.31. The Kier molecular flexibility index (Phi) is 3.37. The quantitative estimate of drug-likeness (QED) is 0.619. The van der Waals surface area contributed by atoms with Crippen molar-refractivity contribution in [3.8, 4) is 6.07 Å². The Morgan fingerprint density at radius 3 is 2.85 bits per heavy atom. The highest BCUT2D eigenvalue weighted by Crippen LogP contribution is 2.18. The first kappa shape index (κ1) is 10.1. The van der Waals surface area contributed by atoms with Crippen molar-refractivity contribution < 1.29 is 9.18 Å². The summed E-state index contributed by atoms with van der Waals surface area (Å²) in [7, 11) is 0. The van der Waals surface area contributed by atoms with Crippen LogP contribution in [0, 0.1) is 20.7 Å². The molecule has 0 amide bonds. The molecule has 4 heteroatoms. The van der Waals surface area contributed by atoms with Crippen LogP contribution in [0.1, 0.15) is 15.9 Å². The van der Waals surface area contributed by atoms with Crippen LogP contribution in [0.5, 0.6) is 0 Å². The molecule has 0 spiro atoms. The summed E-state index contributed by atoms with van der Waals surface area (Å²) in [5.74, 6) is -0.539. The lowest BCUT2D eigenvalue weighted by molar-refractivity contribution is 0.111. The highest BCUT2D eigenvalue weighted by molar-refractivity contribution is 14.1. The zero-order valence-corrected chi connectivity index (χ0v) is 8.71. The van der Waals surface area contributed by atoms with Gasteiger partial charge in [-0.1, -0.05) is 6.07 Å². The van der Waals surface area contributed by atoms with Gasteiger partial charge in [-0.2, -0.15) is 5.26 Å². The first-order valence-electron chi connectivity index (χ1n) is 3.49. The van der Waals surface area contributed by atoms with E-state index in [0.717, 1.165) is 0 Å². The maximum Gasteiger partial charge on any atom is 0.153 e. The van der Waals surface area contributed by atoms with Crippen LogP contribution >= 0.6 is 22.6 Å². The lowest BCUT2D eigenvalue weighted by Gasteiger charge is -2.02. The molecule has 0 saturated heterocycles. The van der Waals surface area contributed by atoms with E-state index < -0.39 is 5.82 Å². The molecule has 2 nitrogen and oxygen atoms in total. The number of hydrogen-bond acceptors (Lipinski definition) is 2. The lowest BCUT2D eigenvalue weighted by atomic mass is 10.1. The molecule has 1 aromatic rings. The van der Waals surface area contributed by atoms with E-state index in [4.69, 9.17) is 5.26 Å². The molecule has 0 bridgehead atoms. The van der Waals surface area contributed by atoms with E-state index in [0.29, 0.717) is 15.4 Å². The summed E-state index contributed by atoms with van der Waals surface area (Å²) in [6.45, 7) is 0. The number of carbonyl (C=O) groups excluding carboxylic acids is 1. The van der Waals surface area contributed by atoms with E-state index >= 15 is 0 Å². The minimum Gasteiger partial charge on any atom is -0.298 e. The number of halogens is 2. The molecular formula is C9H5FINO. The van der Waals surface area contributed by atoms with Gasteiger partial charge in [0.05, 0.1) is 18.1 Å². The van der Waals surface area contributed by atoms with Crippen LogP contribution in [0.25, 0.3) is 0 Å². The minimum absolute atomic E-state index is 0.00606. The highest BCUT2D eigenvalue weighted by Gasteiger charge is 2.10. The SMILES string of the molecule is N#CCc1ccc(I)c(F)c1C=O. The molecule has 0 aliphatic heterocycles. The van der Waals surface area contributed by atoms with Crippen molar-refractivity contribution in [3.05, 3.63) is 32.6 Å². The average molecular weight is 289 g/mol. The molecular weight excluding hydrogens is 284 g/mol. The van der Waals surface area contributed by atoms with Gasteiger partial charge in [-0.25, -0.2) is 4.39 Å². The summed E-state index contributed by atoms with van der Waals surface area (Å²) in [5, 5.41) is 8.41. The van der Waals surface area contributed by atoms with Crippen molar-refractivity contribution in [2.45, 2.75) is 6.42 Å².